The van der Waals surface area contributed by atoms with Gasteiger partial charge in [0.15, 0.2) is 6.10 Å². The van der Waals surface area contributed by atoms with Crippen LogP contribution >= 0.6 is 0 Å². The first-order valence-corrected chi connectivity index (χ1v) is 4.01. The maximum absolute atomic E-state index is 10.5. The first-order chi connectivity index (χ1) is 7.02. The van der Waals surface area contributed by atoms with Gasteiger partial charge < -0.3 is 20.0 Å². The van der Waals surface area contributed by atoms with Crippen molar-refractivity contribution in [1.29, 1.82) is 0 Å². The molecule has 0 aromatic carbocycles. The van der Waals surface area contributed by atoms with Gasteiger partial charge in [-0.3, -0.25) is 0 Å². The van der Waals surface area contributed by atoms with Crippen LogP contribution in [0, 0.1) is 10.1 Å². The van der Waals surface area contributed by atoms with E-state index in [1.807, 2.05) is 0 Å². The van der Waals surface area contributed by atoms with Crippen LogP contribution in [0.25, 0.3) is 0 Å². The molecule has 0 radical (unpaired) electrons. The minimum Gasteiger partial charge on any atom is -0.479 e. The van der Waals surface area contributed by atoms with Gasteiger partial charge in [-0.15, -0.1) is 0 Å². The molecule has 1 heterocycles. The number of aliphatic carboxylic acids is 1. The number of aromatic nitrogens is 1. The summed E-state index contributed by atoms with van der Waals surface area (Å²) in [7, 11) is 0. The van der Waals surface area contributed by atoms with Crippen molar-refractivity contribution in [2.75, 3.05) is 0 Å². The van der Waals surface area contributed by atoms with Gasteiger partial charge in [0.1, 0.15) is 6.20 Å². The molecule has 0 fully saturated rings. The normalized spacial score (nSPS) is 11.8. The molecule has 80 valence electrons. The highest BCUT2D eigenvalue weighted by molar-refractivity contribution is 5.72. The van der Waals surface area contributed by atoms with Crippen molar-refractivity contribution in [3.8, 4) is 5.75 Å². The molecule has 0 bridgehead atoms. The second-order valence-corrected chi connectivity index (χ2v) is 2.68. The SMILES string of the molecule is CC(Oc1cccnc1[N+](=O)[O-])C(=O)O. The Morgan fingerprint density at radius 1 is 1.73 bits per heavy atom. The Kier molecular flexibility index (Phi) is 3.17. The lowest BCUT2D eigenvalue weighted by atomic mass is 10.4. The standard InChI is InChI=1S/C8H8N2O5/c1-5(8(11)12)15-6-3-2-4-9-7(6)10(13)14/h2-5H,1H3,(H,11,12). The molecule has 0 amide bonds. The molecule has 1 rings (SSSR count). The number of hydrogen-bond donors (Lipinski definition) is 1. The van der Waals surface area contributed by atoms with E-state index >= 15 is 0 Å². The van der Waals surface area contributed by atoms with Crippen molar-refractivity contribution in [2.45, 2.75) is 13.0 Å². The average Bonchev–Trinajstić information content (AvgIpc) is 2.18. The van der Waals surface area contributed by atoms with E-state index in [2.05, 4.69) is 4.98 Å². The van der Waals surface area contributed by atoms with Gasteiger partial charge in [-0.25, -0.2) is 4.79 Å². The average molecular weight is 212 g/mol. The zero-order chi connectivity index (χ0) is 11.4. The smallest absolute Gasteiger partial charge is 0.406 e. The van der Waals surface area contributed by atoms with E-state index in [0.717, 1.165) is 0 Å². The first kappa shape index (κ1) is 10.9. The van der Waals surface area contributed by atoms with Gasteiger partial charge in [0.25, 0.3) is 0 Å². The number of carboxylic acids is 1. The molecule has 15 heavy (non-hydrogen) atoms. The van der Waals surface area contributed by atoms with Crippen molar-refractivity contribution in [3.63, 3.8) is 0 Å². The number of nitro groups is 1. The van der Waals surface area contributed by atoms with E-state index in [4.69, 9.17) is 9.84 Å². The number of pyridine rings is 1. The summed E-state index contributed by atoms with van der Waals surface area (Å²) < 4.78 is 4.86. The topological polar surface area (TPSA) is 103 Å². The second-order valence-electron chi connectivity index (χ2n) is 2.68. The van der Waals surface area contributed by atoms with Crippen LogP contribution in [0.1, 0.15) is 6.92 Å². The Balaban J connectivity index is 2.94. The van der Waals surface area contributed by atoms with Crippen molar-refractivity contribution < 1.29 is 19.6 Å². The Hall–Kier alpha value is -2.18. The van der Waals surface area contributed by atoms with E-state index in [9.17, 15) is 14.9 Å². The number of hydrogen-bond acceptors (Lipinski definition) is 5. The second kappa shape index (κ2) is 4.36. The summed E-state index contributed by atoms with van der Waals surface area (Å²) in [5, 5.41) is 19.0. The highest BCUT2D eigenvalue weighted by atomic mass is 16.6. The summed E-state index contributed by atoms with van der Waals surface area (Å²) >= 11 is 0. The summed E-state index contributed by atoms with van der Waals surface area (Å²) in [4.78, 5) is 23.7. The van der Waals surface area contributed by atoms with Crippen LogP contribution in [0.2, 0.25) is 0 Å². The van der Waals surface area contributed by atoms with Crippen LogP contribution in [-0.4, -0.2) is 27.1 Å². The minimum absolute atomic E-state index is 0.155. The molecule has 7 nitrogen and oxygen atoms in total. The Labute approximate surface area is 84.5 Å². The lowest BCUT2D eigenvalue weighted by Crippen LogP contribution is -2.23. The van der Waals surface area contributed by atoms with Crippen LogP contribution in [0.15, 0.2) is 18.3 Å². The Morgan fingerprint density at radius 3 is 2.93 bits per heavy atom. The van der Waals surface area contributed by atoms with Crippen LogP contribution < -0.4 is 4.74 Å². The first-order valence-electron chi connectivity index (χ1n) is 4.01. The maximum Gasteiger partial charge on any atom is 0.406 e. The molecule has 1 atom stereocenters. The summed E-state index contributed by atoms with van der Waals surface area (Å²) in [6.45, 7) is 1.28. The van der Waals surface area contributed by atoms with E-state index in [0.29, 0.717) is 0 Å². The third kappa shape index (κ3) is 2.63. The van der Waals surface area contributed by atoms with E-state index in [1.165, 1.54) is 25.3 Å². The lowest BCUT2D eigenvalue weighted by Gasteiger charge is -2.09. The molecular weight excluding hydrogens is 204 g/mol. The molecule has 1 N–H and O–H groups in total. The van der Waals surface area contributed by atoms with Gasteiger partial charge in [0.05, 0.1) is 0 Å². The molecule has 1 unspecified atom stereocenters. The predicted molar refractivity (Wildman–Crippen MR) is 48.6 cm³/mol. The fourth-order valence-electron chi connectivity index (χ4n) is 0.852. The maximum atomic E-state index is 10.5. The predicted octanol–water partition coefficient (Wildman–Crippen LogP) is 0.842. The third-order valence-electron chi connectivity index (χ3n) is 1.58. The number of carboxylic acid groups (broad SMARTS) is 1. The molecule has 0 aliphatic carbocycles. The number of nitrogens with zero attached hydrogens (tertiary/aromatic N) is 2. The van der Waals surface area contributed by atoms with Crippen molar-refractivity contribution in [2.24, 2.45) is 0 Å². The number of ether oxygens (including phenoxy) is 1. The molecule has 1 aromatic heterocycles. The summed E-state index contributed by atoms with van der Waals surface area (Å²) in [6, 6.07) is 2.72. The zero-order valence-corrected chi connectivity index (χ0v) is 7.78. The van der Waals surface area contributed by atoms with Crippen LogP contribution in [0.3, 0.4) is 0 Å². The fourth-order valence-corrected chi connectivity index (χ4v) is 0.852. The molecule has 7 heteroatoms. The van der Waals surface area contributed by atoms with Gasteiger partial charge in [0, 0.05) is 0 Å². The number of carbonyl (C=O) groups is 1. The molecule has 0 spiro atoms. The van der Waals surface area contributed by atoms with Crippen molar-refractivity contribution >= 4 is 11.8 Å². The van der Waals surface area contributed by atoms with Gasteiger partial charge in [-0.05, 0) is 29.0 Å². The Bertz CT molecular complexity index is 392. The van der Waals surface area contributed by atoms with Gasteiger partial charge in [-0.1, -0.05) is 0 Å². The lowest BCUT2D eigenvalue weighted by molar-refractivity contribution is -0.390. The molecular formula is C8H8N2O5. The van der Waals surface area contributed by atoms with Gasteiger partial charge in [-0.2, -0.15) is 0 Å². The molecule has 0 saturated carbocycles. The zero-order valence-electron chi connectivity index (χ0n) is 7.78. The highest BCUT2D eigenvalue weighted by Crippen LogP contribution is 2.23. The number of rotatable bonds is 4. The van der Waals surface area contributed by atoms with E-state index in [1.54, 1.807) is 0 Å². The molecule has 0 aliphatic heterocycles. The van der Waals surface area contributed by atoms with Crippen LogP contribution in [0.4, 0.5) is 5.82 Å². The summed E-state index contributed by atoms with van der Waals surface area (Å²) in [5.74, 6) is -1.85. The minimum atomic E-state index is -1.20. The van der Waals surface area contributed by atoms with E-state index < -0.39 is 22.8 Å². The molecule has 0 aliphatic rings. The van der Waals surface area contributed by atoms with Crippen molar-refractivity contribution in [3.05, 3.63) is 28.4 Å². The highest BCUT2D eigenvalue weighted by Gasteiger charge is 2.20. The quantitative estimate of drug-likeness (QED) is 0.586. The largest absolute Gasteiger partial charge is 0.479 e. The summed E-state index contributed by atoms with van der Waals surface area (Å²) in [5.41, 5.74) is 0. The van der Waals surface area contributed by atoms with Crippen molar-refractivity contribution in [1.82, 2.24) is 4.98 Å². The van der Waals surface area contributed by atoms with Gasteiger partial charge in [0.2, 0.25) is 5.75 Å². The molecule has 0 saturated heterocycles. The van der Waals surface area contributed by atoms with Crippen LogP contribution in [0.5, 0.6) is 5.75 Å². The molecule has 1 aromatic rings. The fraction of sp³-hybridized carbons (Fsp3) is 0.250. The van der Waals surface area contributed by atoms with Crippen LogP contribution in [-0.2, 0) is 4.79 Å². The van der Waals surface area contributed by atoms with Gasteiger partial charge >= 0.3 is 11.8 Å². The Morgan fingerprint density at radius 2 is 2.40 bits per heavy atom. The summed E-state index contributed by atoms with van der Waals surface area (Å²) in [6.07, 6.45) is 0.0732. The third-order valence-corrected chi connectivity index (χ3v) is 1.58. The monoisotopic (exact) mass is 212 g/mol. The van der Waals surface area contributed by atoms with E-state index in [-0.39, 0.29) is 5.75 Å².